The third-order valence-corrected chi connectivity index (χ3v) is 8.62. The maximum atomic E-state index is 5.60. The Morgan fingerprint density at radius 2 is 1.58 bits per heavy atom. The van der Waals surface area contributed by atoms with E-state index in [1.54, 1.807) is 5.56 Å². The number of nitrogens with zero attached hydrogens (tertiary/aromatic N) is 3. The van der Waals surface area contributed by atoms with E-state index in [0.29, 0.717) is 5.41 Å². The number of ether oxygens (including phenoxy) is 1. The Morgan fingerprint density at radius 3 is 2.23 bits per heavy atom. The lowest BCUT2D eigenvalue weighted by atomic mass is 9.71. The highest BCUT2D eigenvalue weighted by Gasteiger charge is 2.31. The van der Waals surface area contributed by atoms with Gasteiger partial charge in [0, 0.05) is 57.2 Å². The average Bonchev–Trinajstić information content (AvgIpc) is 2.77. The molecule has 0 aromatic heterocycles. The van der Waals surface area contributed by atoms with Crippen molar-refractivity contribution in [3.63, 3.8) is 0 Å². The van der Waals surface area contributed by atoms with Crippen LogP contribution in [0.3, 0.4) is 0 Å². The number of hydrogen-bond acceptors (Lipinski definition) is 4. The molecule has 4 heteroatoms. The standard InChI is InChI=1S/C27H43N3O/c1-27(2)10-8-23(9-11-27)25-20-24(29-16-18-31-19-17-29)6-7-26(25)30-14-12-28(13-15-30)21-22-4-3-5-22/h6-7,20,22-23H,3-5,8-19,21H2,1-2H3. The molecule has 0 bridgehead atoms. The number of piperazine rings is 1. The highest BCUT2D eigenvalue weighted by molar-refractivity contribution is 5.63. The highest BCUT2D eigenvalue weighted by Crippen LogP contribution is 2.45. The van der Waals surface area contributed by atoms with Crippen molar-refractivity contribution in [2.45, 2.75) is 64.7 Å². The number of hydrogen-bond donors (Lipinski definition) is 0. The number of anilines is 2. The SMILES string of the molecule is CC1(C)CCC(c2cc(N3CCOCC3)ccc2N2CCN(CC3CCC3)CC2)CC1. The van der Waals surface area contributed by atoms with E-state index in [-0.39, 0.29) is 0 Å². The summed E-state index contributed by atoms with van der Waals surface area (Å²) < 4.78 is 5.60. The van der Waals surface area contributed by atoms with Gasteiger partial charge < -0.3 is 14.5 Å². The molecule has 0 atom stereocenters. The van der Waals surface area contributed by atoms with Crippen molar-refractivity contribution in [3.8, 4) is 0 Å². The van der Waals surface area contributed by atoms with Gasteiger partial charge in [-0.3, -0.25) is 4.90 Å². The summed E-state index contributed by atoms with van der Waals surface area (Å²) in [5.41, 5.74) is 5.10. The van der Waals surface area contributed by atoms with Gasteiger partial charge in [-0.05, 0) is 79.5 Å². The third kappa shape index (κ3) is 5.06. The second kappa shape index (κ2) is 9.31. The Bertz CT molecular complexity index is 720. The van der Waals surface area contributed by atoms with Crippen molar-refractivity contribution in [2.75, 3.05) is 68.8 Å². The lowest BCUT2D eigenvalue weighted by molar-refractivity contribution is 0.122. The van der Waals surface area contributed by atoms with Gasteiger partial charge in [0.1, 0.15) is 0 Å². The van der Waals surface area contributed by atoms with E-state index in [4.69, 9.17) is 4.74 Å². The molecule has 4 nitrogen and oxygen atoms in total. The predicted molar refractivity (Wildman–Crippen MR) is 130 cm³/mol. The summed E-state index contributed by atoms with van der Waals surface area (Å²) in [6.45, 7) is 14.9. The summed E-state index contributed by atoms with van der Waals surface area (Å²) in [5, 5.41) is 0. The van der Waals surface area contributed by atoms with Crippen LogP contribution in [-0.2, 0) is 4.74 Å². The minimum Gasteiger partial charge on any atom is -0.378 e. The van der Waals surface area contributed by atoms with Crippen LogP contribution < -0.4 is 9.80 Å². The first-order chi connectivity index (χ1) is 15.1. The first-order valence-electron chi connectivity index (χ1n) is 13.0. The summed E-state index contributed by atoms with van der Waals surface area (Å²) >= 11 is 0. The first-order valence-corrected chi connectivity index (χ1v) is 13.0. The molecule has 2 saturated heterocycles. The maximum Gasteiger partial charge on any atom is 0.0642 e. The number of rotatable bonds is 5. The molecule has 5 rings (SSSR count). The molecule has 0 amide bonds. The maximum absolute atomic E-state index is 5.60. The van der Waals surface area contributed by atoms with Gasteiger partial charge in [0.15, 0.2) is 0 Å². The lowest BCUT2D eigenvalue weighted by Crippen LogP contribution is -2.48. The van der Waals surface area contributed by atoms with Gasteiger partial charge in [-0.15, -0.1) is 0 Å². The van der Waals surface area contributed by atoms with Crippen LogP contribution in [0.4, 0.5) is 11.4 Å². The zero-order valence-corrected chi connectivity index (χ0v) is 20.0. The average molecular weight is 426 g/mol. The summed E-state index contributed by atoms with van der Waals surface area (Å²) in [6, 6.07) is 7.41. The zero-order valence-electron chi connectivity index (χ0n) is 20.0. The molecular weight excluding hydrogens is 382 g/mol. The second-order valence-corrected chi connectivity index (χ2v) is 11.4. The van der Waals surface area contributed by atoms with Crippen LogP contribution in [-0.4, -0.2) is 63.9 Å². The van der Waals surface area contributed by atoms with Crippen molar-refractivity contribution < 1.29 is 4.74 Å². The molecule has 4 aliphatic rings. The number of morpholine rings is 1. The largest absolute Gasteiger partial charge is 0.378 e. The van der Waals surface area contributed by atoms with Crippen molar-refractivity contribution in [2.24, 2.45) is 11.3 Å². The third-order valence-electron chi connectivity index (χ3n) is 8.62. The van der Waals surface area contributed by atoms with Gasteiger partial charge in [0.2, 0.25) is 0 Å². The molecule has 2 heterocycles. The molecule has 172 valence electrons. The zero-order chi connectivity index (χ0) is 21.3. The Kier molecular flexibility index (Phi) is 6.48. The second-order valence-electron chi connectivity index (χ2n) is 11.4. The quantitative estimate of drug-likeness (QED) is 0.651. The number of benzene rings is 1. The van der Waals surface area contributed by atoms with Gasteiger partial charge >= 0.3 is 0 Å². The Labute approximate surface area is 189 Å². The lowest BCUT2D eigenvalue weighted by Gasteiger charge is -2.42. The topological polar surface area (TPSA) is 19.0 Å². The van der Waals surface area contributed by atoms with E-state index in [1.165, 1.54) is 89.0 Å². The van der Waals surface area contributed by atoms with Crippen LogP contribution >= 0.6 is 0 Å². The van der Waals surface area contributed by atoms with Gasteiger partial charge in [-0.2, -0.15) is 0 Å². The fraction of sp³-hybridized carbons (Fsp3) is 0.778. The Balaban J connectivity index is 1.33. The summed E-state index contributed by atoms with van der Waals surface area (Å²) in [7, 11) is 0. The van der Waals surface area contributed by atoms with Gasteiger partial charge in [-0.1, -0.05) is 20.3 Å². The van der Waals surface area contributed by atoms with E-state index in [0.717, 1.165) is 38.1 Å². The molecule has 4 fully saturated rings. The molecule has 0 unspecified atom stereocenters. The van der Waals surface area contributed by atoms with Crippen molar-refractivity contribution in [3.05, 3.63) is 23.8 Å². The minimum absolute atomic E-state index is 0.519. The molecule has 0 spiro atoms. The van der Waals surface area contributed by atoms with Crippen LogP contribution in [0.1, 0.15) is 70.3 Å². The monoisotopic (exact) mass is 425 g/mol. The highest BCUT2D eigenvalue weighted by atomic mass is 16.5. The molecular formula is C27H43N3O. The van der Waals surface area contributed by atoms with Crippen LogP contribution in [0.2, 0.25) is 0 Å². The molecule has 1 aromatic rings. The Hall–Kier alpha value is -1.26. The molecule has 0 N–H and O–H groups in total. The smallest absolute Gasteiger partial charge is 0.0642 e. The van der Waals surface area contributed by atoms with E-state index < -0.39 is 0 Å². The van der Waals surface area contributed by atoms with E-state index in [2.05, 4.69) is 46.7 Å². The van der Waals surface area contributed by atoms with E-state index in [1.807, 2.05) is 0 Å². The van der Waals surface area contributed by atoms with Gasteiger partial charge in [0.25, 0.3) is 0 Å². The van der Waals surface area contributed by atoms with Gasteiger partial charge in [-0.25, -0.2) is 0 Å². The summed E-state index contributed by atoms with van der Waals surface area (Å²) in [4.78, 5) is 7.96. The van der Waals surface area contributed by atoms with E-state index >= 15 is 0 Å². The van der Waals surface area contributed by atoms with E-state index in [9.17, 15) is 0 Å². The van der Waals surface area contributed by atoms with Crippen molar-refractivity contribution in [1.29, 1.82) is 0 Å². The Morgan fingerprint density at radius 1 is 0.871 bits per heavy atom. The van der Waals surface area contributed by atoms with Gasteiger partial charge in [0.05, 0.1) is 13.2 Å². The fourth-order valence-corrected chi connectivity index (χ4v) is 6.10. The molecule has 31 heavy (non-hydrogen) atoms. The first kappa shape index (κ1) is 21.6. The normalized spacial score (nSPS) is 26.1. The predicted octanol–water partition coefficient (Wildman–Crippen LogP) is 5.13. The van der Waals surface area contributed by atoms with Crippen LogP contribution in [0.15, 0.2) is 18.2 Å². The molecule has 2 aliphatic heterocycles. The minimum atomic E-state index is 0.519. The molecule has 1 aromatic carbocycles. The summed E-state index contributed by atoms with van der Waals surface area (Å²) in [6.07, 6.45) is 9.78. The molecule has 0 radical (unpaired) electrons. The van der Waals surface area contributed by atoms with Crippen LogP contribution in [0.25, 0.3) is 0 Å². The summed E-state index contributed by atoms with van der Waals surface area (Å²) in [5.74, 6) is 1.71. The molecule has 2 saturated carbocycles. The van der Waals surface area contributed by atoms with Crippen molar-refractivity contribution in [1.82, 2.24) is 4.90 Å². The fourth-order valence-electron chi connectivity index (χ4n) is 6.10. The molecule has 2 aliphatic carbocycles. The van der Waals surface area contributed by atoms with Crippen molar-refractivity contribution >= 4 is 11.4 Å². The van der Waals surface area contributed by atoms with Crippen LogP contribution in [0.5, 0.6) is 0 Å². The van der Waals surface area contributed by atoms with Crippen LogP contribution in [0, 0.1) is 11.3 Å².